The molecule has 1 fully saturated rings. The third kappa shape index (κ3) is 2.37. The van der Waals surface area contributed by atoms with Crippen LogP contribution in [0.3, 0.4) is 0 Å². The standard InChI is InChI=1S/C11H17N3S/c1-12-11-7-9(3-5-13-11)14(2)10-4-6-15-8-10/h3,5,7,10H,4,6,8H2,1-2H3,(H,12,13). The lowest BCUT2D eigenvalue weighted by molar-refractivity contribution is 0.700. The first-order valence-corrected chi connectivity index (χ1v) is 6.41. The molecule has 0 aliphatic carbocycles. The van der Waals surface area contributed by atoms with Crippen LogP contribution < -0.4 is 10.2 Å². The number of hydrogen-bond donors (Lipinski definition) is 1. The molecular formula is C11H17N3S. The second-order valence-corrected chi connectivity index (χ2v) is 4.93. The molecule has 0 spiro atoms. The Morgan fingerprint density at radius 3 is 3.13 bits per heavy atom. The summed E-state index contributed by atoms with van der Waals surface area (Å²) in [5.41, 5.74) is 1.25. The minimum Gasteiger partial charge on any atom is -0.373 e. The number of hydrogen-bond acceptors (Lipinski definition) is 4. The molecule has 1 aliphatic rings. The Hall–Kier alpha value is -0.900. The van der Waals surface area contributed by atoms with Crippen LogP contribution in [0.5, 0.6) is 0 Å². The van der Waals surface area contributed by atoms with Gasteiger partial charge in [-0.05, 0) is 18.2 Å². The lowest BCUT2D eigenvalue weighted by atomic mass is 10.2. The van der Waals surface area contributed by atoms with E-state index in [2.05, 4.69) is 34.4 Å². The van der Waals surface area contributed by atoms with Gasteiger partial charge in [0.25, 0.3) is 0 Å². The molecule has 1 aromatic rings. The Morgan fingerprint density at radius 2 is 2.47 bits per heavy atom. The van der Waals surface area contributed by atoms with Gasteiger partial charge in [0.1, 0.15) is 5.82 Å². The van der Waals surface area contributed by atoms with Crippen LogP contribution in [0.2, 0.25) is 0 Å². The quantitative estimate of drug-likeness (QED) is 0.849. The van der Waals surface area contributed by atoms with E-state index in [4.69, 9.17) is 0 Å². The number of pyridine rings is 1. The van der Waals surface area contributed by atoms with Crippen molar-refractivity contribution in [2.45, 2.75) is 12.5 Å². The van der Waals surface area contributed by atoms with Gasteiger partial charge in [0, 0.05) is 43.8 Å². The second kappa shape index (κ2) is 4.75. The van der Waals surface area contributed by atoms with Gasteiger partial charge >= 0.3 is 0 Å². The second-order valence-electron chi connectivity index (χ2n) is 3.78. The number of rotatable bonds is 3. The van der Waals surface area contributed by atoms with Crippen LogP contribution in [0.4, 0.5) is 11.5 Å². The maximum Gasteiger partial charge on any atom is 0.127 e. The monoisotopic (exact) mass is 223 g/mol. The van der Waals surface area contributed by atoms with Crippen molar-refractivity contribution in [3.05, 3.63) is 18.3 Å². The van der Waals surface area contributed by atoms with Gasteiger partial charge in [-0.1, -0.05) is 0 Å². The summed E-state index contributed by atoms with van der Waals surface area (Å²) >= 11 is 2.04. The van der Waals surface area contributed by atoms with E-state index < -0.39 is 0 Å². The van der Waals surface area contributed by atoms with Crippen molar-refractivity contribution < 1.29 is 0 Å². The van der Waals surface area contributed by atoms with Crippen LogP contribution in [0.1, 0.15) is 6.42 Å². The SMILES string of the molecule is CNc1cc(N(C)C2CCSC2)ccn1. The van der Waals surface area contributed by atoms with Crippen LogP contribution in [0.15, 0.2) is 18.3 Å². The van der Waals surface area contributed by atoms with Gasteiger partial charge in [-0.3, -0.25) is 0 Å². The summed E-state index contributed by atoms with van der Waals surface area (Å²) in [6.45, 7) is 0. The Kier molecular flexibility index (Phi) is 3.36. The highest BCUT2D eigenvalue weighted by Gasteiger charge is 2.20. The zero-order valence-electron chi connectivity index (χ0n) is 9.23. The van der Waals surface area contributed by atoms with Gasteiger partial charge in [0.2, 0.25) is 0 Å². The van der Waals surface area contributed by atoms with E-state index in [0.717, 1.165) is 5.82 Å². The van der Waals surface area contributed by atoms with E-state index in [9.17, 15) is 0 Å². The Balaban J connectivity index is 2.13. The first-order valence-electron chi connectivity index (χ1n) is 5.25. The highest BCUT2D eigenvalue weighted by Crippen LogP contribution is 2.26. The van der Waals surface area contributed by atoms with E-state index in [1.807, 2.05) is 25.0 Å². The van der Waals surface area contributed by atoms with Crippen molar-refractivity contribution in [2.75, 3.05) is 35.8 Å². The maximum absolute atomic E-state index is 4.22. The Labute approximate surface area is 95.3 Å². The molecule has 3 nitrogen and oxygen atoms in total. The summed E-state index contributed by atoms with van der Waals surface area (Å²) in [4.78, 5) is 6.59. The van der Waals surface area contributed by atoms with Crippen molar-refractivity contribution in [1.29, 1.82) is 0 Å². The lowest BCUT2D eigenvalue weighted by Gasteiger charge is -2.26. The highest BCUT2D eigenvalue weighted by molar-refractivity contribution is 7.99. The molecule has 0 amide bonds. The van der Waals surface area contributed by atoms with Gasteiger partial charge < -0.3 is 10.2 Å². The molecule has 0 aromatic carbocycles. The molecule has 1 aromatic heterocycles. The Bertz CT molecular complexity index is 323. The number of nitrogens with zero attached hydrogens (tertiary/aromatic N) is 2. The summed E-state index contributed by atoms with van der Waals surface area (Å²) in [5.74, 6) is 3.47. The van der Waals surface area contributed by atoms with Crippen molar-refractivity contribution in [1.82, 2.24) is 4.98 Å². The van der Waals surface area contributed by atoms with Crippen LogP contribution in [-0.4, -0.2) is 36.6 Å². The van der Waals surface area contributed by atoms with Crippen molar-refractivity contribution in [3.63, 3.8) is 0 Å². The van der Waals surface area contributed by atoms with Gasteiger partial charge in [0.05, 0.1) is 0 Å². The third-order valence-corrected chi connectivity index (χ3v) is 4.01. The summed E-state index contributed by atoms with van der Waals surface area (Å²) in [6.07, 6.45) is 3.15. The molecule has 2 heterocycles. The molecule has 1 N–H and O–H groups in total. The van der Waals surface area contributed by atoms with Crippen LogP contribution >= 0.6 is 11.8 Å². The first kappa shape index (κ1) is 10.6. The summed E-state index contributed by atoms with van der Waals surface area (Å²) in [5, 5.41) is 3.07. The van der Waals surface area contributed by atoms with Crippen LogP contribution in [0, 0.1) is 0 Å². The summed E-state index contributed by atoms with van der Waals surface area (Å²) < 4.78 is 0. The molecule has 1 saturated heterocycles. The van der Waals surface area contributed by atoms with Gasteiger partial charge in [-0.25, -0.2) is 4.98 Å². The Morgan fingerprint density at radius 1 is 1.60 bits per heavy atom. The number of anilines is 2. The van der Waals surface area contributed by atoms with E-state index in [-0.39, 0.29) is 0 Å². The molecule has 0 bridgehead atoms. The van der Waals surface area contributed by atoms with Crippen molar-refractivity contribution >= 4 is 23.3 Å². The van der Waals surface area contributed by atoms with Gasteiger partial charge in [-0.15, -0.1) is 0 Å². The first-order chi connectivity index (χ1) is 7.31. The van der Waals surface area contributed by atoms with E-state index in [0.29, 0.717) is 6.04 Å². The molecule has 0 saturated carbocycles. The smallest absolute Gasteiger partial charge is 0.127 e. The normalized spacial score (nSPS) is 20.3. The maximum atomic E-state index is 4.22. The minimum atomic E-state index is 0.683. The molecule has 1 unspecified atom stereocenters. The molecule has 2 rings (SSSR count). The van der Waals surface area contributed by atoms with E-state index >= 15 is 0 Å². The lowest BCUT2D eigenvalue weighted by Crippen LogP contribution is -2.31. The highest BCUT2D eigenvalue weighted by atomic mass is 32.2. The minimum absolute atomic E-state index is 0.683. The van der Waals surface area contributed by atoms with Gasteiger partial charge in [-0.2, -0.15) is 11.8 Å². The van der Waals surface area contributed by atoms with Crippen LogP contribution in [-0.2, 0) is 0 Å². The molecule has 1 atom stereocenters. The number of thioether (sulfide) groups is 1. The number of aromatic nitrogens is 1. The predicted molar refractivity (Wildman–Crippen MR) is 67.9 cm³/mol. The molecule has 0 radical (unpaired) electrons. The van der Waals surface area contributed by atoms with Crippen molar-refractivity contribution in [2.24, 2.45) is 0 Å². The molecule has 1 aliphatic heterocycles. The zero-order chi connectivity index (χ0) is 10.7. The topological polar surface area (TPSA) is 28.2 Å². The summed E-state index contributed by atoms with van der Waals surface area (Å²) in [7, 11) is 4.07. The number of nitrogens with one attached hydrogen (secondary N) is 1. The molecule has 82 valence electrons. The summed E-state index contributed by atoms with van der Waals surface area (Å²) in [6, 6.07) is 4.86. The fraction of sp³-hybridized carbons (Fsp3) is 0.545. The fourth-order valence-corrected chi connectivity index (χ4v) is 3.08. The van der Waals surface area contributed by atoms with Crippen molar-refractivity contribution in [3.8, 4) is 0 Å². The average Bonchev–Trinajstić information content (AvgIpc) is 2.81. The molecular weight excluding hydrogens is 206 g/mol. The molecule has 15 heavy (non-hydrogen) atoms. The van der Waals surface area contributed by atoms with E-state index in [1.165, 1.54) is 23.6 Å². The predicted octanol–water partition coefficient (Wildman–Crippen LogP) is 2.06. The average molecular weight is 223 g/mol. The fourth-order valence-electron chi connectivity index (χ4n) is 1.81. The van der Waals surface area contributed by atoms with Crippen LogP contribution in [0.25, 0.3) is 0 Å². The van der Waals surface area contributed by atoms with Gasteiger partial charge in [0.15, 0.2) is 0 Å². The molecule has 4 heteroatoms. The largest absolute Gasteiger partial charge is 0.373 e. The zero-order valence-corrected chi connectivity index (χ0v) is 10.0. The third-order valence-electron chi connectivity index (χ3n) is 2.86. The van der Waals surface area contributed by atoms with E-state index in [1.54, 1.807) is 0 Å².